The fourth-order valence-corrected chi connectivity index (χ4v) is 2.16. The number of hydrogen-bond acceptors (Lipinski definition) is 2. The summed E-state index contributed by atoms with van der Waals surface area (Å²) in [6, 6.07) is 0.414. The first kappa shape index (κ1) is 9.97. The molecule has 0 bridgehead atoms. The fourth-order valence-electron chi connectivity index (χ4n) is 2.16. The molecular formula is C11H20N2O. The first-order chi connectivity index (χ1) is 6.70. The van der Waals surface area contributed by atoms with Crippen molar-refractivity contribution in [3.8, 4) is 0 Å². The zero-order valence-electron chi connectivity index (χ0n) is 9.12. The summed E-state index contributed by atoms with van der Waals surface area (Å²) >= 11 is 0. The van der Waals surface area contributed by atoms with Gasteiger partial charge in [0.25, 0.3) is 0 Å². The average Bonchev–Trinajstić information content (AvgIpc) is 3.00. The van der Waals surface area contributed by atoms with Crippen molar-refractivity contribution in [3.05, 3.63) is 0 Å². The molecular weight excluding hydrogens is 176 g/mol. The van der Waals surface area contributed by atoms with Crippen LogP contribution in [0.25, 0.3) is 0 Å². The standard InChI is InChI=1S/C11H20N2O/c1-8(2)10-7-12-5-6-13(10)11(14)9-3-4-9/h8-10,12H,3-7H2,1-2H3. The van der Waals surface area contributed by atoms with E-state index in [0.717, 1.165) is 32.5 Å². The van der Waals surface area contributed by atoms with Crippen LogP contribution in [0.1, 0.15) is 26.7 Å². The largest absolute Gasteiger partial charge is 0.337 e. The lowest BCUT2D eigenvalue weighted by molar-refractivity contribution is -0.136. The van der Waals surface area contributed by atoms with Crippen molar-refractivity contribution in [2.24, 2.45) is 11.8 Å². The zero-order chi connectivity index (χ0) is 10.1. The van der Waals surface area contributed by atoms with E-state index in [9.17, 15) is 4.79 Å². The number of amides is 1. The number of piperazine rings is 1. The highest BCUT2D eigenvalue weighted by Crippen LogP contribution is 2.32. The Labute approximate surface area is 85.8 Å². The zero-order valence-corrected chi connectivity index (χ0v) is 9.12. The van der Waals surface area contributed by atoms with E-state index in [1.807, 2.05) is 0 Å². The van der Waals surface area contributed by atoms with Gasteiger partial charge in [0, 0.05) is 31.6 Å². The van der Waals surface area contributed by atoms with E-state index in [-0.39, 0.29) is 0 Å². The van der Waals surface area contributed by atoms with E-state index in [0.29, 0.717) is 23.8 Å². The molecule has 0 spiro atoms. The van der Waals surface area contributed by atoms with Crippen molar-refractivity contribution >= 4 is 5.91 Å². The van der Waals surface area contributed by atoms with Crippen molar-refractivity contribution in [1.82, 2.24) is 10.2 Å². The van der Waals surface area contributed by atoms with Crippen LogP contribution < -0.4 is 5.32 Å². The molecule has 2 rings (SSSR count). The van der Waals surface area contributed by atoms with E-state index in [1.54, 1.807) is 0 Å². The van der Waals surface area contributed by atoms with Crippen molar-refractivity contribution in [3.63, 3.8) is 0 Å². The Kier molecular flexibility index (Phi) is 2.77. The van der Waals surface area contributed by atoms with E-state index >= 15 is 0 Å². The van der Waals surface area contributed by atoms with Crippen LogP contribution in [0.3, 0.4) is 0 Å². The van der Waals surface area contributed by atoms with Crippen LogP contribution in [0.15, 0.2) is 0 Å². The minimum atomic E-state index is 0.370. The lowest BCUT2D eigenvalue weighted by Crippen LogP contribution is -2.56. The van der Waals surface area contributed by atoms with Crippen molar-refractivity contribution < 1.29 is 4.79 Å². The van der Waals surface area contributed by atoms with Crippen molar-refractivity contribution in [2.45, 2.75) is 32.7 Å². The van der Waals surface area contributed by atoms with Gasteiger partial charge < -0.3 is 10.2 Å². The van der Waals surface area contributed by atoms with Gasteiger partial charge in [0.15, 0.2) is 0 Å². The average molecular weight is 196 g/mol. The van der Waals surface area contributed by atoms with Gasteiger partial charge >= 0.3 is 0 Å². The summed E-state index contributed by atoms with van der Waals surface area (Å²) in [5.74, 6) is 1.34. The highest BCUT2D eigenvalue weighted by atomic mass is 16.2. The summed E-state index contributed by atoms with van der Waals surface area (Å²) in [5.41, 5.74) is 0. The molecule has 0 aromatic rings. The molecule has 1 heterocycles. The molecule has 1 atom stereocenters. The number of carbonyl (C=O) groups is 1. The van der Waals surface area contributed by atoms with Crippen LogP contribution in [-0.2, 0) is 4.79 Å². The molecule has 2 aliphatic rings. The summed E-state index contributed by atoms with van der Waals surface area (Å²) in [6.07, 6.45) is 2.24. The Morgan fingerprint density at radius 2 is 2.14 bits per heavy atom. The number of rotatable bonds is 2. The second-order valence-electron chi connectivity index (χ2n) is 4.82. The maximum Gasteiger partial charge on any atom is 0.226 e. The van der Waals surface area contributed by atoms with E-state index < -0.39 is 0 Å². The van der Waals surface area contributed by atoms with E-state index in [4.69, 9.17) is 0 Å². The number of carbonyl (C=O) groups excluding carboxylic acids is 1. The Hall–Kier alpha value is -0.570. The first-order valence-electron chi connectivity index (χ1n) is 5.71. The number of hydrogen-bond donors (Lipinski definition) is 1. The highest BCUT2D eigenvalue weighted by Gasteiger charge is 2.37. The van der Waals surface area contributed by atoms with E-state index in [1.165, 1.54) is 0 Å². The minimum Gasteiger partial charge on any atom is -0.337 e. The fraction of sp³-hybridized carbons (Fsp3) is 0.909. The minimum absolute atomic E-state index is 0.370. The molecule has 3 nitrogen and oxygen atoms in total. The van der Waals surface area contributed by atoms with Gasteiger partial charge in [-0.2, -0.15) is 0 Å². The third-order valence-electron chi connectivity index (χ3n) is 3.26. The molecule has 0 aromatic carbocycles. The summed E-state index contributed by atoms with van der Waals surface area (Å²) in [6.45, 7) is 7.23. The van der Waals surface area contributed by atoms with Gasteiger partial charge in [-0.1, -0.05) is 13.8 Å². The monoisotopic (exact) mass is 196 g/mol. The van der Waals surface area contributed by atoms with Crippen LogP contribution in [0.5, 0.6) is 0 Å². The molecule has 1 N–H and O–H groups in total. The second-order valence-corrected chi connectivity index (χ2v) is 4.82. The molecule has 3 heteroatoms. The lowest BCUT2D eigenvalue weighted by atomic mass is 10.00. The van der Waals surface area contributed by atoms with Crippen LogP contribution in [0.4, 0.5) is 0 Å². The molecule has 0 radical (unpaired) electrons. The van der Waals surface area contributed by atoms with Gasteiger partial charge in [-0.25, -0.2) is 0 Å². The van der Waals surface area contributed by atoms with Crippen LogP contribution in [-0.4, -0.2) is 36.5 Å². The summed E-state index contributed by atoms with van der Waals surface area (Å²) in [4.78, 5) is 14.1. The highest BCUT2D eigenvalue weighted by molar-refractivity contribution is 5.81. The molecule has 80 valence electrons. The smallest absolute Gasteiger partial charge is 0.226 e. The molecule has 1 saturated heterocycles. The predicted octanol–water partition coefficient (Wildman–Crippen LogP) is 0.853. The third kappa shape index (κ3) is 1.92. The predicted molar refractivity (Wildman–Crippen MR) is 55.9 cm³/mol. The molecule has 1 amide bonds. The molecule has 14 heavy (non-hydrogen) atoms. The van der Waals surface area contributed by atoms with Gasteiger partial charge in [0.05, 0.1) is 0 Å². The maximum absolute atomic E-state index is 12.0. The van der Waals surface area contributed by atoms with Gasteiger partial charge in [-0.15, -0.1) is 0 Å². The van der Waals surface area contributed by atoms with E-state index in [2.05, 4.69) is 24.1 Å². The third-order valence-corrected chi connectivity index (χ3v) is 3.26. The number of nitrogens with one attached hydrogen (secondary N) is 1. The van der Waals surface area contributed by atoms with Gasteiger partial charge in [0.1, 0.15) is 0 Å². The van der Waals surface area contributed by atoms with Crippen molar-refractivity contribution in [2.75, 3.05) is 19.6 Å². The lowest BCUT2D eigenvalue weighted by Gasteiger charge is -2.38. The normalized spacial score (nSPS) is 28.2. The van der Waals surface area contributed by atoms with Crippen molar-refractivity contribution in [1.29, 1.82) is 0 Å². The van der Waals surface area contributed by atoms with Gasteiger partial charge in [-0.3, -0.25) is 4.79 Å². The van der Waals surface area contributed by atoms with Gasteiger partial charge in [-0.05, 0) is 18.8 Å². The maximum atomic E-state index is 12.0. The topological polar surface area (TPSA) is 32.3 Å². The molecule has 0 aromatic heterocycles. The number of nitrogens with zero attached hydrogens (tertiary/aromatic N) is 1. The SMILES string of the molecule is CC(C)C1CNCCN1C(=O)C1CC1. The summed E-state index contributed by atoms with van der Waals surface area (Å²) < 4.78 is 0. The molecule has 1 unspecified atom stereocenters. The molecule has 2 fully saturated rings. The Morgan fingerprint density at radius 1 is 1.43 bits per heavy atom. The molecule has 1 saturated carbocycles. The Bertz CT molecular complexity index is 223. The molecule has 1 aliphatic heterocycles. The van der Waals surface area contributed by atoms with Gasteiger partial charge in [0.2, 0.25) is 5.91 Å². The van der Waals surface area contributed by atoms with Crippen LogP contribution in [0, 0.1) is 11.8 Å². The summed E-state index contributed by atoms with van der Waals surface area (Å²) in [5, 5.41) is 3.37. The Morgan fingerprint density at radius 3 is 2.71 bits per heavy atom. The second kappa shape index (κ2) is 3.89. The first-order valence-corrected chi connectivity index (χ1v) is 5.71. The summed E-state index contributed by atoms with van der Waals surface area (Å²) in [7, 11) is 0. The molecule has 1 aliphatic carbocycles. The van der Waals surface area contributed by atoms with Crippen LogP contribution >= 0.6 is 0 Å². The quantitative estimate of drug-likeness (QED) is 0.710. The van der Waals surface area contributed by atoms with Crippen LogP contribution in [0.2, 0.25) is 0 Å². The Balaban J connectivity index is 2.01.